The van der Waals surface area contributed by atoms with Crippen molar-refractivity contribution < 1.29 is 0 Å². The van der Waals surface area contributed by atoms with E-state index in [1.54, 1.807) is 0 Å². The Kier molecular flexibility index (Phi) is 3.52. The van der Waals surface area contributed by atoms with Gasteiger partial charge in [0, 0.05) is 0 Å². The highest BCUT2D eigenvalue weighted by Crippen LogP contribution is 2.49. The van der Waals surface area contributed by atoms with Crippen LogP contribution in [-0.4, -0.2) is 0 Å². The predicted octanol–water partition coefficient (Wildman–Crippen LogP) is 4.60. The summed E-state index contributed by atoms with van der Waals surface area (Å²) in [5.74, 6) is 5.08. The summed E-state index contributed by atoms with van der Waals surface area (Å²) in [6.45, 7) is 4.73. The van der Waals surface area contributed by atoms with E-state index in [0.717, 1.165) is 17.8 Å². The van der Waals surface area contributed by atoms with Gasteiger partial charge in [0.15, 0.2) is 0 Å². The summed E-state index contributed by atoms with van der Waals surface area (Å²) in [5, 5.41) is 0. The number of hydrogen-bond donors (Lipinski definition) is 0. The third-order valence-electron chi connectivity index (χ3n) is 4.70. The van der Waals surface area contributed by atoms with Gasteiger partial charge in [-0.15, -0.1) is 0 Å². The molecule has 2 bridgehead atoms. The zero-order valence-electron chi connectivity index (χ0n) is 9.89. The first-order valence-corrected chi connectivity index (χ1v) is 6.71. The van der Waals surface area contributed by atoms with Crippen LogP contribution < -0.4 is 0 Å². The zero-order valence-corrected chi connectivity index (χ0v) is 9.89. The Morgan fingerprint density at radius 3 is 1.64 bits per heavy atom. The van der Waals surface area contributed by atoms with Crippen molar-refractivity contribution in [3.05, 3.63) is 5.92 Å². The maximum absolute atomic E-state index is 2.36. The van der Waals surface area contributed by atoms with Gasteiger partial charge in [0.2, 0.25) is 0 Å². The first-order chi connectivity index (χ1) is 6.86. The lowest BCUT2D eigenvalue weighted by Crippen LogP contribution is -2.36. The summed E-state index contributed by atoms with van der Waals surface area (Å²) in [5.41, 5.74) is 0. The molecule has 2 aliphatic carbocycles. The molecule has 0 unspecified atom stereocenters. The van der Waals surface area contributed by atoms with Crippen molar-refractivity contribution >= 4 is 0 Å². The minimum atomic E-state index is 1.03. The van der Waals surface area contributed by atoms with Gasteiger partial charge in [-0.1, -0.05) is 52.4 Å². The second kappa shape index (κ2) is 4.68. The molecule has 1 radical (unpaired) electrons. The third kappa shape index (κ3) is 1.85. The van der Waals surface area contributed by atoms with Crippen molar-refractivity contribution in [2.45, 2.75) is 65.2 Å². The second-order valence-electron chi connectivity index (χ2n) is 5.27. The zero-order chi connectivity index (χ0) is 9.97. The van der Waals surface area contributed by atoms with Gasteiger partial charge in [-0.25, -0.2) is 0 Å². The molecule has 14 heavy (non-hydrogen) atoms. The molecular weight excluding hydrogens is 168 g/mol. The topological polar surface area (TPSA) is 0 Å². The van der Waals surface area contributed by atoms with E-state index in [4.69, 9.17) is 0 Å². The molecule has 0 aliphatic heterocycles. The number of fused-ring (bicyclic) bond motifs is 2. The lowest BCUT2D eigenvalue weighted by atomic mass is 9.59. The highest BCUT2D eigenvalue weighted by Gasteiger charge is 2.39. The van der Waals surface area contributed by atoms with E-state index in [1.807, 2.05) is 5.92 Å². The van der Waals surface area contributed by atoms with Gasteiger partial charge in [0.1, 0.15) is 0 Å². The van der Waals surface area contributed by atoms with Crippen LogP contribution in [0.2, 0.25) is 0 Å². The van der Waals surface area contributed by atoms with E-state index in [9.17, 15) is 0 Å². The minimum absolute atomic E-state index is 1.03. The van der Waals surface area contributed by atoms with Crippen molar-refractivity contribution in [2.24, 2.45) is 17.8 Å². The summed E-state index contributed by atoms with van der Waals surface area (Å²) in [4.78, 5) is 0. The lowest BCUT2D eigenvalue weighted by Gasteiger charge is -2.46. The van der Waals surface area contributed by atoms with Crippen LogP contribution in [0, 0.1) is 23.7 Å². The normalized spacial score (nSPS) is 37.5. The Bertz CT molecular complexity index is 144. The summed E-state index contributed by atoms with van der Waals surface area (Å²) in [6, 6.07) is 0. The fourth-order valence-corrected chi connectivity index (χ4v) is 4.06. The molecule has 2 saturated carbocycles. The van der Waals surface area contributed by atoms with Crippen molar-refractivity contribution in [2.75, 3.05) is 0 Å². The minimum Gasteiger partial charge on any atom is -0.0648 e. The van der Waals surface area contributed by atoms with Crippen LogP contribution in [0.1, 0.15) is 65.2 Å². The van der Waals surface area contributed by atoms with Gasteiger partial charge >= 0.3 is 0 Å². The molecule has 0 amide bonds. The smallest absolute Gasteiger partial charge is 0.0210 e. The van der Waals surface area contributed by atoms with Crippen LogP contribution in [0.25, 0.3) is 0 Å². The molecule has 0 N–H and O–H groups in total. The molecule has 2 aliphatic rings. The Balaban J connectivity index is 2.07. The maximum atomic E-state index is 2.36. The predicted molar refractivity (Wildman–Crippen MR) is 62.0 cm³/mol. The van der Waals surface area contributed by atoms with Crippen LogP contribution in [0.3, 0.4) is 0 Å². The second-order valence-corrected chi connectivity index (χ2v) is 5.27. The maximum Gasteiger partial charge on any atom is -0.0210 e. The molecule has 0 spiro atoms. The molecule has 0 heterocycles. The van der Waals surface area contributed by atoms with E-state index in [-0.39, 0.29) is 0 Å². The van der Waals surface area contributed by atoms with E-state index in [2.05, 4.69) is 13.8 Å². The van der Waals surface area contributed by atoms with Gasteiger partial charge in [0.25, 0.3) is 0 Å². The molecule has 0 aromatic heterocycles. The molecule has 0 aromatic rings. The largest absolute Gasteiger partial charge is 0.0648 e. The van der Waals surface area contributed by atoms with Crippen molar-refractivity contribution in [1.82, 2.24) is 0 Å². The first-order valence-electron chi connectivity index (χ1n) is 6.71. The Hall–Kier alpha value is 0. The van der Waals surface area contributed by atoms with Gasteiger partial charge in [-0.2, -0.15) is 0 Å². The molecule has 0 heteroatoms. The molecule has 0 nitrogen and oxygen atoms in total. The van der Waals surface area contributed by atoms with Crippen LogP contribution in [0.4, 0.5) is 0 Å². The molecule has 81 valence electrons. The fourth-order valence-electron chi connectivity index (χ4n) is 4.06. The summed E-state index contributed by atoms with van der Waals surface area (Å²) in [6.07, 6.45) is 11.9. The third-order valence-corrected chi connectivity index (χ3v) is 4.70. The summed E-state index contributed by atoms with van der Waals surface area (Å²) in [7, 11) is 0. The SMILES string of the molecule is CC[C](CC)C1C2CCCC1CCC2. The van der Waals surface area contributed by atoms with Crippen LogP contribution in [0.15, 0.2) is 0 Å². The number of hydrogen-bond acceptors (Lipinski definition) is 0. The molecule has 2 rings (SSSR count). The Morgan fingerprint density at radius 1 is 0.857 bits per heavy atom. The van der Waals surface area contributed by atoms with Gasteiger partial charge in [-0.3, -0.25) is 0 Å². The lowest BCUT2D eigenvalue weighted by molar-refractivity contribution is 0.0970. The quantitative estimate of drug-likeness (QED) is 0.614. The molecule has 2 fully saturated rings. The van der Waals surface area contributed by atoms with Crippen molar-refractivity contribution in [3.63, 3.8) is 0 Å². The van der Waals surface area contributed by atoms with Gasteiger partial charge in [-0.05, 0) is 36.5 Å². The average molecular weight is 193 g/mol. The van der Waals surface area contributed by atoms with Crippen LogP contribution in [0.5, 0.6) is 0 Å². The van der Waals surface area contributed by atoms with Gasteiger partial charge < -0.3 is 0 Å². The molecule has 0 atom stereocenters. The van der Waals surface area contributed by atoms with E-state index < -0.39 is 0 Å². The fraction of sp³-hybridized carbons (Fsp3) is 0.929. The van der Waals surface area contributed by atoms with Crippen LogP contribution >= 0.6 is 0 Å². The summed E-state index contributed by atoms with van der Waals surface area (Å²) < 4.78 is 0. The highest BCUT2D eigenvalue weighted by atomic mass is 14.4. The molecular formula is C14H25. The van der Waals surface area contributed by atoms with Gasteiger partial charge in [0.05, 0.1) is 0 Å². The average Bonchev–Trinajstić information content (AvgIpc) is 2.19. The Labute approximate surface area is 89.5 Å². The monoisotopic (exact) mass is 193 g/mol. The van der Waals surface area contributed by atoms with Crippen molar-refractivity contribution in [1.29, 1.82) is 0 Å². The van der Waals surface area contributed by atoms with E-state index in [0.29, 0.717) is 0 Å². The highest BCUT2D eigenvalue weighted by molar-refractivity contribution is 5.03. The van der Waals surface area contributed by atoms with Crippen molar-refractivity contribution in [3.8, 4) is 0 Å². The summed E-state index contributed by atoms with van der Waals surface area (Å²) >= 11 is 0. The van der Waals surface area contributed by atoms with Crippen LogP contribution in [-0.2, 0) is 0 Å². The van der Waals surface area contributed by atoms with E-state index >= 15 is 0 Å². The van der Waals surface area contributed by atoms with E-state index in [1.165, 1.54) is 51.4 Å². The molecule has 0 saturated heterocycles. The number of rotatable bonds is 3. The first kappa shape index (κ1) is 10.5. The standard InChI is InChI=1S/C14H25/c1-3-11(4-2)14-12-7-5-8-13(14)10-6-9-12/h12-14H,3-10H2,1-2H3. The Morgan fingerprint density at radius 2 is 1.29 bits per heavy atom. The molecule has 0 aromatic carbocycles.